The number of pyridine rings is 1. The molecule has 1 aromatic rings. The molecule has 0 aromatic carbocycles. The molecule has 96 valence electrons. The summed E-state index contributed by atoms with van der Waals surface area (Å²) in [6, 6.07) is 4.40. The fourth-order valence-electron chi connectivity index (χ4n) is 1.36. The maximum Gasteiger partial charge on any atom is 0.122 e. The normalized spacial score (nSPS) is 11.2. The van der Waals surface area contributed by atoms with Crippen molar-refractivity contribution >= 4 is 0 Å². The van der Waals surface area contributed by atoms with Crippen molar-refractivity contribution in [2.75, 3.05) is 6.61 Å². The van der Waals surface area contributed by atoms with Crippen molar-refractivity contribution in [2.24, 2.45) is 5.92 Å². The number of ether oxygens (including phenoxy) is 1. The van der Waals surface area contributed by atoms with Crippen LogP contribution in [-0.2, 0) is 6.54 Å². The lowest BCUT2D eigenvalue weighted by atomic mass is 10.1. The molecule has 1 rings (SSSR count). The Hall–Kier alpha value is -1.09. The summed E-state index contributed by atoms with van der Waals surface area (Å²) in [5, 5.41) is 3.35. The average molecular weight is 236 g/mol. The van der Waals surface area contributed by atoms with Gasteiger partial charge in [-0.1, -0.05) is 27.7 Å². The van der Waals surface area contributed by atoms with Gasteiger partial charge in [-0.3, -0.25) is 4.98 Å². The first-order valence-electron chi connectivity index (χ1n) is 6.39. The molecule has 0 radical (unpaired) electrons. The highest BCUT2D eigenvalue weighted by molar-refractivity contribution is 5.22. The Labute approximate surface area is 105 Å². The number of hydrogen-bond donors (Lipinski definition) is 1. The zero-order chi connectivity index (χ0) is 12.7. The van der Waals surface area contributed by atoms with Crippen LogP contribution in [0.3, 0.4) is 0 Å². The monoisotopic (exact) mass is 236 g/mol. The molecule has 0 saturated heterocycles. The first kappa shape index (κ1) is 14.0. The SMILES string of the molecule is CC(C)CCOc1ccnc(CNC(C)C)c1. The van der Waals surface area contributed by atoms with Gasteiger partial charge >= 0.3 is 0 Å². The van der Waals surface area contributed by atoms with Crippen LogP contribution in [-0.4, -0.2) is 17.6 Å². The fraction of sp³-hybridized carbons (Fsp3) is 0.643. The third-order valence-electron chi connectivity index (χ3n) is 2.44. The fourth-order valence-corrected chi connectivity index (χ4v) is 1.36. The topological polar surface area (TPSA) is 34.1 Å². The standard InChI is InChI=1S/C14H24N2O/c1-11(2)6-8-17-14-5-7-15-13(9-14)10-16-12(3)4/h5,7,9,11-12,16H,6,8,10H2,1-4H3. The molecular formula is C14H24N2O. The molecule has 0 spiro atoms. The van der Waals surface area contributed by atoms with E-state index in [2.05, 4.69) is 38.0 Å². The molecule has 0 amide bonds. The smallest absolute Gasteiger partial charge is 0.122 e. The summed E-state index contributed by atoms with van der Waals surface area (Å²) in [7, 11) is 0. The van der Waals surface area contributed by atoms with E-state index in [-0.39, 0.29) is 0 Å². The van der Waals surface area contributed by atoms with Crippen LogP contribution in [0.1, 0.15) is 39.8 Å². The van der Waals surface area contributed by atoms with Gasteiger partial charge in [0, 0.05) is 24.8 Å². The van der Waals surface area contributed by atoms with Gasteiger partial charge in [0.25, 0.3) is 0 Å². The summed E-state index contributed by atoms with van der Waals surface area (Å²) in [5.41, 5.74) is 1.03. The lowest BCUT2D eigenvalue weighted by molar-refractivity contribution is 0.289. The van der Waals surface area contributed by atoms with Crippen molar-refractivity contribution in [1.82, 2.24) is 10.3 Å². The predicted molar refractivity (Wildman–Crippen MR) is 71.2 cm³/mol. The van der Waals surface area contributed by atoms with Gasteiger partial charge < -0.3 is 10.1 Å². The molecule has 1 N–H and O–H groups in total. The van der Waals surface area contributed by atoms with Crippen LogP contribution >= 0.6 is 0 Å². The minimum Gasteiger partial charge on any atom is -0.493 e. The molecule has 0 aliphatic carbocycles. The molecular weight excluding hydrogens is 212 g/mol. The lowest BCUT2D eigenvalue weighted by Crippen LogP contribution is -2.22. The van der Waals surface area contributed by atoms with Crippen molar-refractivity contribution in [3.05, 3.63) is 24.0 Å². The van der Waals surface area contributed by atoms with Crippen LogP contribution in [0.15, 0.2) is 18.3 Å². The highest BCUT2D eigenvalue weighted by atomic mass is 16.5. The van der Waals surface area contributed by atoms with Crippen molar-refractivity contribution in [1.29, 1.82) is 0 Å². The van der Waals surface area contributed by atoms with Crippen LogP contribution in [0.2, 0.25) is 0 Å². The molecule has 0 saturated carbocycles. The van der Waals surface area contributed by atoms with E-state index in [1.54, 1.807) is 0 Å². The van der Waals surface area contributed by atoms with E-state index >= 15 is 0 Å². The summed E-state index contributed by atoms with van der Waals surface area (Å²) in [5.74, 6) is 1.60. The molecule has 1 heterocycles. The van der Waals surface area contributed by atoms with Crippen LogP contribution in [0.25, 0.3) is 0 Å². The van der Waals surface area contributed by atoms with E-state index in [4.69, 9.17) is 4.74 Å². The minimum absolute atomic E-state index is 0.474. The third kappa shape index (κ3) is 6.27. The van der Waals surface area contributed by atoms with Crippen LogP contribution in [0.5, 0.6) is 5.75 Å². The van der Waals surface area contributed by atoms with Crippen LogP contribution in [0, 0.1) is 5.92 Å². The van der Waals surface area contributed by atoms with Gasteiger partial charge in [0.2, 0.25) is 0 Å². The average Bonchev–Trinajstić information content (AvgIpc) is 2.26. The number of nitrogens with one attached hydrogen (secondary N) is 1. The quantitative estimate of drug-likeness (QED) is 0.790. The maximum atomic E-state index is 5.70. The predicted octanol–water partition coefficient (Wildman–Crippen LogP) is 3.00. The Morgan fingerprint density at radius 2 is 2.06 bits per heavy atom. The summed E-state index contributed by atoms with van der Waals surface area (Å²) in [6.07, 6.45) is 2.89. The second-order valence-corrected chi connectivity index (χ2v) is 5.05. The third-order valence-corrected chi connectivity index (χ3v) is 2.44. The van der Waals surface area contributed by atoms with Crippen LogP contribution < -0.4 is 10.1 Å². The van der Waals surface area contributed by atoms with Gasteiger partial charge in [-0.05, 0) is 18.4 Å². The number of rotatable bonds is 7. The van der Waals surface area contributed by atoms with E-state index in [1.165, 1.54) is 0 Å². The largest absolute Gasteiger partial charge is 0.493 e. The Bertz CT molecular complexity index is 324. The first-order valence-corrected chi connectivity index (χ1v) is 6.39. The summed E-state index contributed by atoms with van der Waals surface area (Å²) >= 11 is 0. The van der Waals surface area contributed by atoms with Gasteiger partial charge in [0.05, 0.1) is 12.3 Å². The van der Waals surface area contributed by atoms with E-state index in [1.807, 2.05) is 18.3 Å². The minimum atomic E-state index is 0.474. The first-order chi connectivity index (χ1) is 8.08. The van der Waals surface area contributed by atoms with Crippen molar-refractivity contribution in [2.45, 2.75) is 46.7 Å². The zero-order valence-corrected chi connectivity index (χ0v) is 11.4. The van der Waals surface area contributed by atoms with Gasteiger partial charge in [0.1, 0.15) is 5.75 Å². The van der Waals surface area contributed by atoms with E-state index in [9.17, 15) is 0 Å². The summed E-state index contributed by atoms with van der Waals surface area (Å²) in [6.45, 7) is 10.2. The second kappa shape index (κ2) is 7.28. The highest BCUT2D eigenvalue weighted by Crippen LogP contribution is 2.12. The van der Waals surface area contributed by atoms with E-state index in [0.29, 0.717) is 12.0 Å². The molecule has 0 bridgehead atoms. The Morgan fingerprint density at radius 3 is 2.71 bits per heavy atom. The molecule has 3 heteroatoms. The Morgan fingerprint density at radius 1 is 1.29 bits per heavy atom. The highest BCUT2D eigenvalue weighted by Gasteiger charge is 2.00. The van der Waals surface area contributed by atoms with E-state index < -0.39 is 0 Å². The summed E-state index contributed by atoms with van der Waals surface area (Å²) in [4.78, 5) is 4.31. The second-order valence-electron chi connectivity index (χ2n) is 5.05. The van der Waals surface area contributed by atoms with Crippen molar-refractivity contribution < 1.29 is 4.74 Å². The zero-order valence-electron chi connectivity index (χ0n) is 11.4. The molecule has 0 atom stereocenters. The summed E-state index contributed by atoms with van der Waals surface area (Å²) < 4.78 is 5.70. The van der Waals surface area contributed by atoms with Gasteiger partial charge in [0.15, 0.2) is 0 Å². The number of aromatic nitrogens is 1. The molecule has 3 nitrogen and oxygen atoms in total. The molecule has 0 fully saturated rings. The molecule has 0 aliphatic rings. The molecule has 0 aliphatic heterocycles. The molecule has 17 heavy (non-hydrogen) atoms. The Kier molecular flexibility index (Phi) is 5.98. The van der Waals surface area contributed by atoms with E-state index in [0.717, 1.165) is 31.0 Å². The van der Waals surface area contributed by atoms with Crippen LogP contribution in [0.4, 0.5) is 0 Å². The molecule has 0 unspecified atom stereocenters. The van der Waals surface area contributed by atoms with Gasteiger partial charge in [-0.15, -0.1) is 0 Å². The number of hydrogen-bond acceptors (Lipinski definition) is 3. The van der Waals surface area contributed by atoms with Crippen molar-refractivity contribution in [3.8, 4) is 5.75 Å². The number of nitrogens with zero attached hydrogens (tertiary/aromatic N) is 1. The molecule has 1 aromatic heterocycles. The lowest BCUT2D eigenvalue weighted by Gasteiger charge is -2.10. The Balaban J connectivity index is 2.42. The van der Waals surface area contributed by atoms with Crippen molar-refractivity contribution in [3.63, 3.8) is 0 Å². The van der Waals surface area contributed by atoms with Gasteiger partial charge in [-0.2, -0.15) is 0 Å². The maximum absolute atomic E-state index is 5.70. The van der Waals surface area contributed by atoms with Gasteiger partial charge in [-0.25, -0.2) is 0 Å².